The van der Waals surface area contributed by atoms with E-state index in [9.17, 15) is 0 Å². The van der Waals surface area contributed by atoms with Crippen LogP contribution in [-0.4, -0.2) is 6.54 Å². The van der Waals surface area contributed by atoms with E-state index < -0.39 is 0 Å². The van der Waals surface area contributed by atoms with Gasteiger partial charge in [0.1, 0.15) is 0 Å². The molecule has 2 heteroatoms. The third-order valence-corrected chi connectivity index (χ3v) is 3.82. The summed E-state index contributed by atoms with van der Waals surface area (Å²) in [7, 11) is 0. The number of hydrogen-bond acceptors (Lipinski definition) is 2. The summed E-state index contributed by atoms with van der Waals surface area (Å²) in [5.74, 6) is 0. The Balaban J connectivity index is 2.67. The molecule has 0 unspecified atom stereocenters. The Labute approximate surface area is 85.0 Å². The van der Waals surface area contributed by atoms with Gasteiger partial charge in [0, 0.05) is 0 Å². The summed E-state index contributed by atoms with van der Waals surface area (Å²) in [6.45, 7) is 5.28. The number of thiophene rings is 1. The maximum absolute atomic E-state index is 5.85. The summed E-state index contributed by atoms with van der Waals surface area (Å²) >= 11 is 1.77. The molecule has 0 aliphatic rings. The van der Waals surface area contributed by atoms with Crippen LogP contribution in [0.3, 0.4) is 0 Å². The van der Waals surface area contributed by atoms with E-state index in [0.717, 1.165) is 13.0 Å². The molecule has 0 atom stereocenters. The zero-order valence-corrected chi connectivity index (χ0v) is 9.36. The van der Waals surface area contributed by atoms with Crippen molar-refractivity contribution in [3.8, 4) is 0 Å². The first-order valence-corrected chi connectivity index (χ1v) is 5.92. The van der Waals surface area contributed by atoms with E-state index in [0.29, 0.717) is 5.41 Å². The van der Waals surface area contributed by atoms with Gasteiger partial charge in [-0.25, -0.2) is 0 Å². The minimum atomic E-state index is 0.334. The van der Waals surface area contributed by atoms with E-state index in [4.69, 9.17) is 5.73 Å². The highest BCUT2D eigenvalue weighted by atomic mass is 32.1. The summed E-state index contributed by atoms with van der Waals surface area (Å²) in [5, 5.41) is 4.37. The molecule has 74 valence electrons. The van der Waals surface area contributed by atoms with Crippen LogP contribution in [0.25, 0.3) is 0 Å². The Morgan fingerprint density at radius 2 is 2.08 bits per heavy atom. The predicted molar refractivity (Wildman–Crippen MR) is 60.1 cm³/mol. The van der Waals surface area contributed by atoms with Gasteiger partial charge in [-0.05, 0) is 53.6 Å². The Kier molecular flexibility index (Phi) is 3.94. The van der Waals surface area contributed by atoms with Crippen LogP contribution in [0.2, 0.25) is 0 Å². The van der Waals surface area contributed by atoms with Gasteiger partial charge in [0.25, 0.3) is 0 Å². The normalized spacial score (nSPS) is 11.9. The number of hydrogen-bond donors (Lipinski definition) is 1. The van der Waals surface area contributed by atoms with Crippen molar-refractivity contribution in [2.45, 2.75) is 33.1 Å². The highest BCUT2D eigenvalue weighted by Gasteiger charge is 2.24. The monoisotopic (exact) mass is 197 g/mol. The predicted octanol–water partition coefficient (Wildman–Crippen LogP) is 3.06. The molecule has 1 aromatic heterocycles. The molecule has 1 aromatic rings. The van der Waals surface area contributed by atoms with Crippen LogP contribution >= 0.6 is 11.3 Å². The second-order valence-corrected chi connectivity index (χ2v) is 4.50. The molecule has 0 spiro atoms. The molecule has 1 heterocycles. The molecule has 1 nitrogen and oxygen atoms in total. The lowest BCUT2D eigenvalue weighted by Crippen LogP contribution is -2.31. The highest BCUT2D eigenvalue weighted by molar-refractivity contribution is 7.07. The molecule has 2 N–H and O–H groups in total. The van der Waals surface area contributed by atoms with Crippen molar-refractivity contribution in [3.05, 3.63) is 22.4 Å². The van der Waals surface area contributed by atoms with Crippen LogP contribution in [0.1, 0.15) is 32.3 Å². The summed E-state index contributed by atoms with van der Waals surface area (Å²) in [6.07, 6.45) is 3.49. The minimum absolute atomic E-state index is 0.334. The zero-order chi connectivity index (χ0) is 9.73. The van der Waals surface area contributed by atoms with Gasteiger partial charge >= 0.3 is 0 Å². The molecule has 0 aliphatic heterocycles. The SMILES string of the molecule is CCC(CC)(CN)Cc1ccsc1. The van der Waals surface area contributed by atoms with Crippen molar-refractivity contribution < 1.29 is 0 Å². The third-order valence-electron chi connectivity index (χ3n) is 3.09. The van der Waals surface area contributed by atoms with Gasteiger partial charge < -0.3 is 5.73 Å². The van der Waals surface area contributed by atoms with Crippen molar-refractivity contribution in [1.82, 2.24) is 0 Å². The molecule has 0 amide bonds. The van der Waals surface area contributed by atoms with Crippen LogP contribution in [0, 0.1) is 5.41 Å². The molecule has 0 saturated heterocycles. The average Bonchev–Trinajstić information content (AvgIpc) is 2.67. The second-order valence-electron chi connectivity index (χ2n) is 3.72. The van der Waals surface area contributed by atoms with E-state index in [1.165, 1.54) is 18.4 Å². The Bertz CT molecular complexity index is 216. The summed E-state index contributed by atoms with van der Waals surface area (Å²) < 4.78 is 0. The van der Waals surface area contributed by atoms with E-state index in [1.54, 1.807) is 11.3 Å². The molecule has 1 rings (SSSR count). The van der Waals surface area contributed by atoms with Gasteiger partial charge in [0.05, 0.1) is 0 Å². The number of nitrogens with two attached hydrogens (primary N) is 1. The van der Waals surface area contributed by atoms with Crippen LogP contribution in [0.15, 0.2) is 16.8 Å². The van der Waals surface area contributed by atoms with Crippen molar-refractivity contribution >= 4 is 11.3 Å². The first kappa shape index (κ1) is 10.7. The van der Waals surface area contributed by atoms with Crippen LogP contribution < -0.4 is 5.73 Å². The topological polar surface area (TPSA) is 26.0 Å². The molecule has 13 heavy (non-hydrogen) atoms. The fraction of sp³-hybridized carbons (Fsp3) is 0.636. The van der Waals surface area contributed by atoms with Gasteiger partial charge in [-0.15, -0.1) is 0 Å². The number of rotatable bonds is 5. The quantitative estimate of drug-likeness (QED) is 0.771. The lowest BCUT2D eigenvalue weighted by molar-refractivity contribution is 0.271. The van der Waals surface area contributed by atoms with E-state index in [-0.39, 0.29) is 0 Å². The maximum Gasteiger partial charge on any atom is -0.00175 e. The Morgan fingerprint density at radius 3 is 2.46 bits per heavy atom. The molecule has 0 aromatic carbocycles. The van der Waals surface area contributed by atoms with E-state index in [2.05, 4.69) is 30.7 Å². The molecule has 0 bridgehead atoms. The maximum atomic E-state index is 5.85. The van der Waals surface area contributed by atoms with Gasteiger partial charge in [0.15, 0.2) is 0 Å². The van der Waals surface area contributed by atoms with Crippen molar-refractivity contribution in [2.24, 2.45) is 11.1 Å². The molecule has 0 aliphatic carbocycles. The Hall–Kier alpha value is -0.340. The summed E-state index contributed by atoms with van der Waals surface area (Å²) in [6, 6.07) is 2.21. The highest BCUT2D eigenvalue weighted by Crippen LogP contribution is 2.30. The van der Waals surface area contributed by atoms with Gasteiger partial charge in [0.2, 0.25) is 0 Å². The van der Waals surface area contributed by atoms with Crippen molar-refractivity contribution in [2.75, 3.05) is 6.54 Å². The smallest absolute Gasteiger partial charge is 0.00175 e. The van der Waals surface area contributed by atoms with E-state index >= 15 is 0 Å². The lowest BCUT2D eigenvalue weighted by Gasteiger charge is -2.29. The lowest BCUT2D eigenvalue weighted by atomic mass is 9.77. The Morgan fingerprint density at radius 1 is 1.38 bits per heavy atom. The van der Waals surface area contributed by atoms with Crippen LogP contribution in [0.5, 0.6) is 0 Å². The van der Waals surface area contributed by atoms with Crippen molar-refractivity contribution in [1.29, 1.82) is 0 Å². The van der Waals surface area contributed by atoms with Crippen LogP contribution in [-0.2, 0) is 6.42 Å². The molecule has 0 radical (unpaired) electrons. The van der Waals surface area contributed by atoms with Gasteiger partial charge in [-0.3, -0.25) is 0 Å². The standard InChI is InChI=1S/C11H19NS/c1-3-11(4-2,9-12)7-10-5-6-13-8-10/h5-6,8H,3-4,7,9,12H2,1-2H3. The summed E-state index contributed by atoms with van der Waals surface area (Å²) in [4.78, 5) is 0. The zero-order valence-electron chi connectivity index (χ0n) is 8.55. The van der Waals surface area contributed by atoms with Crippen LogP contribution in [0.4, 0.5) is 0 Å². The molecular weight excluding hydrogens is 178 g/mol. The molecular formula is C11H19NS. The fourth-order valence-corrected chi connectivity index (χ4v) is 2.36. The largest absolute Gasteiger partial charge is 0.330 e. The van der Waals surface area contributed by atoms with Crippen molar-refractivity contribution in [3.63, 3.8) is 0 Å². The summed E-state index contributed by atoms with van der Waals surface area (Å²) in [5.41, 5.74) is 7.63. The first-order chi connectivity index (χ1) is 6.26. The third kappa shape index (κ3) is 2.55. The second kappa shape index (κ2) is 4.77. The fourth-order valence-electron chi connectivity index (χ4n) is 1.69. The molecule has 0 saturated carbocycles. The average molecular weight is 197 g/mol. The molecule has 0 fully saturated rings. The van der Waals surface area contributed by atoms with Gasteiger partial charge in [-0.2, -0.15) is 11.3 Å². The first-order valence-electron chi connectivity index (χ1n) is 4.97. The van der Waals surface area contributed by atoms with Gasteiger partial charge in [-0.1, -0.05) is 13.8 Å². The minimum Gasteiger partial charge on any atom is -0.330 e. The van der Waals surface area contributed by atoms with E-state index in [1.807, 2.05) is 0 Å².